The molecule has 5 heteroatoms. The lowest BCUT2D eigenvalue weighted by atomic mass is 10.1. The summed E-state index contributed by atoms with van der Waals surface area (Å²) in [6.07, 6.45) is 0. The molecule has 0 radical (unpaired) electrons. The Bertz CT molecular complexity index is 546. The molecule has 0 bridgehead atoms. The molecule has 0 aliphatic rings. The van der Waals surface area contributed by atoms with Gasteiger partial charge >= 0.3 is 0 Å². The van der Waals surface area contributed by atoms with Crippen LogP contribution in [0.25, 0.3) is 10.4 Å². The fourth-order valence-electron chi connectivity index (χ4n) is 1.50. The third kappa shape index (κ3) is 2.24. The minimum Gasteiger partial charge on any atom is -0.497 e. The molecule has 0 aliphatic carbocycles. The molecule has 0 fully saturated rings. The van der Waals surface area contributed by atoms with E-state index in [0.717, 1.165) is 16.2 Å². The van der Waals surface area contributed by atoms with Crippen LogP contribution in [-0.2, 0) is 0 Å². The van der Waals surface area contributed by atoms with Crippen LogP contribution in [-0.4, -0.2) is 13.0 Å². The van der Waals surface area contributed by atoms with Gasteiger partial charge in [0, 0.05) is 4.88 Å². The van der Waals surface area contributed by atoms with Crippen LogP contribution in [0.5, 0.6) is 5.75 Å². The van der Waals surface area contributed by atoms with Crippen LogP contribution in [0.2, 0.25) is 0 Å². The SMILES string of the molecule is COc1ccc(-c2cc(C(N)=O)c(N)s2)cc1. The van der Waals surface area contributed by atoms with E-state index in [0.29, 0.717) is 10.6 Å². The zero-order valence-electron chi connectivity index (χ0n) is 9.27. The minimum atomic E-state index is -0.501. The number of anilines is 1. The highest BCUT2D eigenvalue weighted by Crippen LogP contribution is 2.33. The first kappa shape index (κ1) is 11.5. The Balaban J connectivity index is 2.39. The fourth-order valence-corrected chi connectivity index (χ4v) is 2.43. The Kier molecular flexibility index (Phi) is 3.01. The van der Waals surface area contributed by atoms with Crippen molar-refractivity contribution in [3.8, 4) is 16.2 Å². The summed E-state index contributed by atoms with van der Waals surface area (Å²) in [6, 6.07) is 9.25. The van der Waals surface area contributed by atoms with Crippen molar-refractivity contribution in [3.63, 3.8) is 0 Å². The van der Waals surface area contributed by atoms with Gasteiger partial charge in [0.2, 0.25) is 0 Å². The topological polar surface area (TPSA) is 78.3 Å². The summed E-state index contributed by atoms with van der Waals surface area (Å²) in [5.74, 6) is 0.284. The van der Waals surface area contributed by atoms with Gasteiger partial charge in [-0.3, -0.25) is 4.79 Å². The number of primary amides is 1. The lowest BCUT2D eigenvalue weighted by Crippen LogP contribution is -2.11. The lowest BCUT2D eigenvalue weighted by molar-refractivity contribution is 0.100. The second-order valence-corrected chi connectivity index (χ2v) is 4.57. The van der Waals surface area contributed by atoms with E-state index in [-0.39, 0.29) is 0 Å². The Hall–Kier alpha value is -2.01. The van der Waals surface area contributed by atoms with Gasteiger partial charge in [-0.05, 0) is 35.9 Å². The molecule has 0 aliphatic heterocycles. The maximum atomic E-state index is 11.1. The van der Waals surface area contributed by atoms with Crippen LogP contribution in [0.4, 0.5) is 5.00 Å². The summed E-state index contributed by atoms with van der Waals surface area (Å²) in [6.45, 7) is 0. The third-order valence-corrected chi connectivity index (χ3v) is 3.41. The number of hydrogen-bond acceptors (Lipinski definition) is 4. The zero-order valence-corrected chi connectivity index (χ0v) is 10.1. The van der Waals surface area contributed by atoms with Crippen molar-refractivity contribution in [1.29, 1.82) is 0 Å². The molecule has 2 rings (SSSR count). The molecular weight excluding hydrogens is 236 g/mol. The van der Waals surface area contributed by atoms with E-state index < -0.39 is 5.91 Å². The molecule has 0 atom stereocenters. The molecule has 2 aromatic rings. The smallest absolute Gasteiger partial charge is 0.251 e. The quantitative estimate of drug-likeness (QED) is 0.873. The second-order valence-electron chi connectivity index (χ2n) is 3.48. The Morgan fingerprint density at radius 2 is 1.94 bits per heavy atom. The van der Waals surface area contributed by atoms with E-state index in [4.69, 9.17) is 16.2 Å². The summed E-state index contributed by atoms with van der Waals surface area (Å²) in [5.41, 5.74) is 12.3. The summed E-state index contributed by atoms with van der Waals surface area (Å²) in [5, 5.41) is 0.448. The molecule has 0 unspecified atom stereocenters. The van der Waals surface area contributed by atoms with E-state index in [1.165, 1.54) is 11.3 Å². The van der Waals surface area contributed by atoms with E-state index in [1.54, 1.807) is 13.2 Å². The van der Waals surface area contributed by atoms with Gasteiger partial charge in [-0.1, -0.05) is 0 Å². The molecule has 4 nitrogen and oxygen atoms in total. The van der Waals surface area contributed by atoms with Gasteiger partial charge in [0.25, 0.3) is 5.91 Å². The zero-order chi connectivity index (χ0) is 12.4. The first-order chi connectivity index (χ1) is 8.11. The highest BCUT2D eigenvalue weighted by Gasteiger charge is 2.12. The van der Waals surface area contributed by atoms with Crippen molar-refractivity contribution >= 4 is 22.2 Å². The maximum absolute atomic E-state index is 11.1. The summed E-state index contributed by atoms with van der Waals surface area (Å²) < 4.78 is 5.08. The second kappa shape index (κ2) is 4.47. The predicted octanol–water partition coefficient (Wildman–Crippen LogP) is 2.10. The third-order valence-electron chi connectivity index (χ3n) is 2.40. The summed E-state index contributed by atoms with van der Waals surface area (Å²) in [7, 11) is 1.61. The monoisotopic (exact) mass is 248 g/mol. The lowest BCUT2D eigenvalue weighted by Gasteiger charge is -2.00. The molecule has 0 saturated carbocycles. The van der Waals surface area contributed by atoms with Crippen molar-refractivity contribution in [2.75, 3.05) is 12.8 Å². The molecular formula is C12H12N2O2S. The molecule has 0 saturated heterocycles. The van der Waals surface area contributed by atoms with Gasteiger partial charge in [0.15, 0.2) is 0 Å². The molecule has 1 aromatic heterocycles. The Morgan fingerprint density at radius 1 is 1.29 bits per heavy atom. The van der Waals surface area contributed by atoms with Gasteiger partial charge in [-0.15, -0.1) is 11.3 Å². The van der Waals surface area contributed by atoms with E-state index >= 15 is 0 Å². The van der Waals surface area contributed by atoms with Crippen LogP contribution in [0.3, 0.4) is 0 Å². The maximum Gasteiger partial charge on any atom is 0.251 e. The normalized spacial score (nSPS) is 10.2. The number of rotatable bonds is 3. The number of amides is 1. The van der Waals surface area contributed by atoms with Crippen molar-refractivity contribution in [1.82, 2.24) is 0 Å². The molecule has 17 heavy (non-hydrogen) atoms. The van der Waals surface area contributed by atoms with Crippen LogP contribution in [0, 0.1) is 0 Å². The number of carbonyl (C=O) groups excluding carboxylic acids is 1. The highest BCUT2D eigenvalue weighted by molar-refractivity contribution is 7.19. The molecule has 1 aromatic carbocycles. The van der Waals surface area contributed by atoms with Gasteiger partial charge in [0.05, 0.1) is 17.7 Å². The summed E-state index contributed by atoms with van der Waals surface area (Å²) >= 11 is 1.35. The molecule has 1 heterocycles. The number of thiophene rings is 1. The average Bonchev–Trinajstić information content (AvgIpc) is 2.71. The van der Waals surface area contributed by atoms with Crippen LogP contribution in [0.1, 0.15) is 10.4 Å². The summed E-state index contributed by atoms with van der Waals surface area (Å²) in [4.78, 5) is 12.0. The molecule has 4 N–H and O–H groups in total. The Morgan fingerprint density at radius 3 is 2.41 bits per heavy atom. The predicted molar refractivity (Wildman–Crippen MR) is 69.2 cm³/mol. The van der Waals surface area contributed by atoms with Crippen molar-refractivity contribution in [2.24, 2.45) is 5.73 Å². The number of benzene rings is 1. The standard InChI is InChI=1S/C12H12N2O2S/c1-16-8-4-2-7(3-5-8)10-6-9(11(13)15)12(14)17-10/h2-6H,14H2,1H3,(H2,13,15). The number of carbonyl (C=O) groups is 1. The van der Waals surface area contributed by atoms with Crippen molar-refractivity contribution < 1.29 is 9.53 Å². The number of nitrogens with two attached hydrogens (primary N) is 2. The number of hydrogen-bond donors (Lipinski definition) is 2. The Labute approximate surface area is 103 Å². The van der Waals surface area contributed by atoms with E-state index in [1.807, 2.05) is 24.3 Å². The molecule has 1 amide bonds. The first-order valence-electron chi connectivity index (χ1n) is 4.95. The largest absolute Gasteiger partial charge is 0.497 e. The minimum absolute atomic E-state index is 0.376. The van der Waals surface area contributed by atoms with E-state index in [9.17, 15) is 4.79 Å². The van der Waals surface area contributed by atoms with E-state index in [2.05, 4.69) is 0 Å². The van der Waals surface area contributed by atoms with Crippen molar-refractivity contribution in [2.45, 2.75) is 0 Å². The van der Waals surface area contributed by atoms with Crippen LogP contribution in [0.15, 0.2) is 30.3 Å². The molecule has 88 valence electrons. The van der Waals surface area contributed by atoms with Crippen LogP contribution < -0.4 is 16.2 Å². The number of methoxy groups -OCH3 is 1. The highest BCUT2D eigenvalue weighted by atomic mass is 32.1. The average molecular weight is 248 g/mol. The molecule has 0 spiro atoms. The van der Waals surface area contributed by atoms with Gasteiger partial charge in [-0.25, -0.2) is 0 Å². The van der Waals surface area contributed by atoms with Gasteiger partial charge < -0.3 is 16.2 Å². The first-order valence-corrected chi connectivity index (χ1v) is 5.77. The number of nitrogen functional groups attached to an aromatic ring is 1. The fraction of sp³-hybridized carbons (Fsp3) is 0.0833. The number of ether oxygens (including phenoxy) is 1. The van der Waals surface area contributed by atoms with Crippen molar-refractivity contribution in [3.05, 3.63) is 35.9 Å². The van der Waals surface area contributed by atoms with Gasteiger partial charge in [0.1, 0.15) is 5.75 Å². The van der Waals surface area contributed by atoms with Gasteiger partial charge in [-0.2, -0.15) is 0 Å². The van der Waals surface area contributed by atoms with Crippen LogP contribution >= 0.6 is 11.3 Å².